The molecule has 2 heterocycles. The van der Waals surface area contributed by atoms with Gasteiger partial charge in [-0.3, -0.25) is 0 Å². The highest BCUT2D eigenvalue weighted by atomic mass is 15.1. The molecule has 0 aliphatic heterocycles. The lowest BCUT2D eigenvalue weighted by Gasteiger charge is -2.29. The molecule has 13 aromatic rings. The zero-order valence-corrected chi connectivity index (χ0v) is 37.8. The first-order valence-electron chi connectivity index (χ1n) is 23.7. The normalized spacial score (nSPS) is 11.5. The second-order valence-corrected chi connectivity index (χ2v) is 17.7. The van der Waals surface area contributed by atoms with Crippen LogP contribution in [0.4, 0.5) is 17.1 Å². The van der Waals surface area contributed by atoms with E-state index in [1.807, 2.05) is 0 Å². The predicted octanol–water partition coefficient (Wildman–Crippen LogP) is 18.0. The largest absolute Gasteiger partial charge is 0.310 e. The molecule has 0 unspecified atom stereocenters. The number of anilines is 3. The van der Waals surface area contributed by atoms with Gasteiger partial charge in [-0.25, -0.2) is 0 Å². The van der Waals surface area contributed by atoms with Crippen molar-refractivity contribution in [3.05, 3.63) is 273 Å². The van der Waals surface area contributed by atoms with Crippen LogP contribution in [0.1, 0.15) is 0 Å². The molecule has 0 radical (unpaired) electrons. The molecule has 0 fully saturated rings. The fourth-order valence-electron chi connectivity index (χ4n) is 10.5. The Labute approximate surface area is 401 Å². The molecule has 13 rings (SSSR count). The Balaban J connectivity index is 0.995. The second kappa shape index (κ2) is 16.9. The Kier molecular flexibility index (Phi) is 9.84. The molecule has 2 aromatic heterocycles. The summed E-state index contributed by atoms with van der Waals surface area (Å²) in [6.07, 6.45) is 0. The van der Waals surface area contributed by atoms with Crippen molar-refractivity contribution in [2.75, 3.05) is 4.90 Å². The minimum atomic E-state index is 1.09. The van der Waals surface area contributed by atoms with Gasteiger partial charge in [-0.05, 0) is 136 Å². The van der Waals surface area contributed by atoms with Crippen molar-refractivity contribution >= 4 is 60.7 Å². The van der Waals surface area contributed by atoms with Gasteiger partial charge in [0, 0.05) is 49.9 Å². The molecule has 0 N–H and O–H groups in total. The van der Waals surface area contributed by atoms with Crippen LogP contribution in [-0.2, 0) is 0 Å². The van der Waals surface area contributed by atoms with Crippen LogP contribution in [0.5, 0.6) is 0 Å². The Morgan fingerprint density at radius 2 is 0.609 bits per heavy atom. The quantitative estimate of drug-likeness (QED) is 0.141. The summed E-state index contributed by atoms with van der Waals surface area (Å²) in [4.78, 5) is 2.43. The topological polar surface area (TPSA) is 13.1 Å². The molecule has 0 aliphatic carbocycles. The molecular weight excluding hydrogens is 835 g/mol. The second-order valence-electron chi connectivity index (χ2n) is 17.7. The first-order valence-corrected chi connectivity index (χ1v) is 23.7. The lowest BCUT2D eigenvalue weighted by molar-refractivity contribution is 1.18. The van der Waals surface area contributed by atoms with Crippen molar-refractivity contribution in [3.8, 4) is 55.9 Å². The summed E-state index contributed by atoms with van der Waals surface area (Å²) < 4.78 is 4.79. The Hall–Kier alpha value is -9.18. The van der Waals surface area contributed by atoms with E-state index in [0.29, 0.717) is 0 Å². The number of benzene rings is 11. The number of hydrogen-bond acceptors (Lipinski definition) is 1. The molecule has 0 bridgehead atoms. The lowest BCUT2D eigenvalue weighted by Crippen LogP contribution is -2.11. The molecule has 11 aromatic carbocycles. The van der Waals surface area contributed by atoms with E-state index in [2.05, 4.69) is 287 Å². The number of rotatable bonds is 9. The molecule has 324 valence electrons. The highest BCUT2D eigenvalue weighted by molar-refractivity contribution is 6.13. The average Bonchev–Trinajstić information content (AvgIpc) is 3.94. The van der Waals surface area contributed by atoms with Crippen LogP contribution < -0.4 is 4.90 Å². The summed E-state index contributed by atoms with van der Waals surface area (Å²) in [5.41, 5.74) is 19.7. The van der Waals surface area contributed by atoms with Gasteiger partial charge in [0.1, 0.15) is 0 Å². The Morgan fingerprint density at radius 1 is 0.232 bits per heavy atom. The highest BCUT2D eigenvalue weighted by Gasteiger charge is 2.21. The van der Waals surface area contributed by atoms with E-state index in [-0.39, 0.29) is 0 Å². The van der Waals surface area contributed by atoms with E-state index < -0.39 is 0 Å². The van der Waals surface area contributed by atoms with E-state index in [4.69, 9.17) is 0 Å². The van der Waals surface area contributed by atoms with Crippen molar-refractivity contribution in [2.45, 2.75) is 0 Å². The summed E-state index contributed by atoms with van der Waals surface area (Å²) in [5.74, 6) is 0. The van der Waals surface area contributed by atoms with E-state index >= 15 is 0 Å². The van der Waals surface area contributed by atoms with E-state index in [1.165, 1.54) is 77.0 Å². The van der Waals surface area contributed by atoms with E-state index in [9.17, 15) is 0 Å². The Morgan fingerprint density at radius 3 is 1.14 bits per heavy atom. The molecule has 0 spiro atoms. The fourth-order valence-corrected chi connectivity index (χ4v) is 10.5. The maximum atomic E-state index is 2.43. The zero-order valence-electron chi connectivity index (χ0n) is 37.8. The number of nitrogens with zero attached hydrogens (tertiary/aromatic N) is 3. The third-order valence-electron chi connectivity index (χ3n) is 13.7. The van der Waals surface area contributed by atoms with Crippen LogP contribution in [0.25, 0.3) is 99.5 Å². The molecule has 3 heteroatoms. The third kappa shape index (κ3) is 7.08. The van der Waals surface area contributed by atoms with Crippen molar-refractivity contribution in [1.82, 2.24) is 9.13 Å². The first kappa shape index (κ1) is 40.1. The van der Waals surface area contributed by atoms with E-state index in [0.717, 1.165) is 39.6 Å². The zero-order chi connectivity index (χ0) is 45.7. The molecule has 69 heavy (non-hydrogen) atoms. The molecular formula is C66H45N3. The number of aromatic nitrogens is 2. The molecule has 0 aliphatic rings. The van der Waals surface area contributed by atoms with Crippen molar-refractivity contribution in [3.63, 3.8) is 0 Å². The summed E-state index contributed by atoms with van der Waals surface area (Å²) in [6, 6.07) is 99.2. The minimum Gasteiger partial charge on any atom is -0.310 e. The number of hydrogen-bond donors (Lipinski definition) is 0. The van der Waals surface area contributed by atoms with Crippen LogP contribution in [0.3, 0.4) is 0 Å². The monoisotopic (exact) mass is 879 g/mol. The number of fused-ring (bicyclic) bond motifs is 6. The van der Waals surface area contributed by atoms with Gasteiger partial charge in [0.2, 0.25) is 0 Å². The van der Waals surface area contributed by atoms with Gasteiger partial charge < -0.3 is 14.0 Å². The summed E-state index contributed by atoms with van der Waals surface area (Å²) in [5, 5.41) is 4.90. The van der Waals surface area contributed by atoms with Gasteiger partial charge in [-0.1, -0.05) is 176 Å². The van der Waals surface area contributed by atoms with Gasteiger partial charge in [0.25, 0.3) is 0 Å². The van der Waals surface area contributed by atoms with Gasteiger partial charge >= 0.3 is 0 Å². The van der Waals surface area contributed by atoms with Gasteiger partial charge in [-0.2, -0.15) is 0 Å². The van der Waals surface area contributed by atoms with Crippen LogP contribution in [0.2, 0.25) is 0 Å². The SMILES string of the molecule is c1ccc(-c2cccc(N(c3cccc(-c4ccccc4)c3)c3ccccc3-c3ccc4c(c3)c3cc(-c5ccc6c(c5)c5ccccc5n6-c5ccccc5)ccc3n4-c3ccccc3)c2)cc1. The van der Waals surface area contributed by atoms with Crippen LogP contribution in [0.15, 0.2) is 273 Å². The van der Waals surface area contributed by atoms with Gasteiger partial charge in [0.15, 0.2) is 0 Å². The van der Waals surface area contributed by atoms with Gasteiger partial charge in [-0.15, -0.1) is 0 Å². The standard InChI is InChI=1S/C66H45N3/c1-5-19-46(20-6-1)48-23-17-29-55(41-48)67(56-30-18-24-49(42-56)47-21-7-2-8-22-47)62-33-15-13-31-57(62)52-37-40-66-61(45-52)60-44-51(36-39-65(60)69(66)54-27-11-4-12-28-54)50-35-38-64-59(43-50)58-32-14-16-34-63(58)68(64)53-25-9-3-10-26-53/h1-45H. The van der Waals surface area contributed by atoms with Crippen molar-refractivity contribution in [2.24, 2.45) is 0 Å². The van der Waals surface area contributed by atoms with Gasteiger partial charge in [0.05, 0.1) is 27.8 Å². The summed E-state index contributed by atoms with van der Waals surface area (Å²) in [6.45, 7) is 0. The first-order chi connectivity index (χ1) is 34.2. The predicted molar refractivity (Wildman–Crippen MR) is 292 cm³/mol. The van der Waals surface area contributed by atoms with Crippen LogP contribution >= 0.6 is 0 Å². The van der Waals surface area contributed by atoms with Crippen molar-refractivity contribution in [1.29, 1.82) is 0 Å². The third-order valence-corrected chi connectivity index (χ3v) is 13.7. The molecule has 0 saturated carbocycles. The lowest BCUT2D eigenvalue weighted by atomic mass is 9.97. The minimum absolute atomic E-state index is 1.09. The molecule has 0 amide bonds. The van der Waals surface area contributed by atoms with Crippen molar-refractivity contribution < 1.29 is 0 Å². The average molecular weight is 880 g/mol. The molecule has 0 atom stereocenters. The summed E-state index contributed by atoms with van der Waals surface area (Å²) in [7, 11) is 0. The molecule has 3 nitrogen and oxygen atoms in total. The summed E-state index contributed by atoms with van der Waals surface area (Å²) >= 11 is 0. The maximum absolute atomic E-state index is 2.43. The Bertz CT molecular complexity index is 3920. The molecule has 0 saturated heterocycles. The fraction of sp³-hybridized carbons (Fsp3) is 0. The van der Waals surface area contributed by atoms with E-state index in [1.54, 1.807) is 0 Å². The highest BCUT2D eigenvalue weighted by Crippen LogP contribution is 2.45. The maximum Gasteiger partial charge on any atom is 0.0541 e. The smallest absolute Gasteiger partial charge is 0.0541 e. The van der Waals surface area contributed by atoms with Crippen LogP contribution in [-0.4, -0.2) is 9.13 Å². The number of para-hydroxylation sites is 4. The van der Waals surface area contributed by atoms with Crippen LogP contribution in [0, 0.1) is 0 Å².